The molecule has 0 spiro atoms. The zero-order valence-corrected chi connectivity index (χ0v) is 11.8. The lowest BCUT2D eigenvalue weighted by atomic mass is 10.2. The number of benzene rings is 1. The van der Waals surface area contributed by atoms with Gasteiger partial charge in [-0.15, -0.1) is 0 Å². The van der Waals surface area contributed by atoms with Gasteiger partial charge in [0.2, 0.25) is 0 Å². The summed E-state index contributed by atoms with van der Waals surface area (Å²) in [7, 11) is 0. The molecule has 0 atom stereocenters. The second-order valence-corrected chi connectivity index (χ2v) is 4.50. The van der Waals surface area contributed by atoms with Gasteiger partial charge in [-0.1, -0.05) is 6.92 Å². The minimum Gasteiger partial charge on any atom is -0.384 e. The number of rotatable bonds is 5. The Morgan fingerprint density at radius 1 is 1.19 bits per heavy atom. The van der Waals surface area contributed by atoms with Gasteiger partial charge < -0.3 is 10.6 Å². The number of nitrogens with one attached hydrogen (secondary N) is 2. The van der Waals surface area contributed by atoms with Gasteiger partial charge in [0.1, 0.15) is 5.69 Å². The fourth-order valence-corrected chi connectivity index (χ4v) is 1.73. The van der Waals surface area contributed by atoms with Crippen molar-refractivity contribution in [1.29, 1.82) is 5.26 Å². The highest BCUT2D eigenvalue weighted by Crippen LogP contribution is 2.11. The summed E-state index contributed by atoms with van der Waals surface area (Å²) < 4.78 is 0. The van der Waals surface area contributed by atoms with Gasteiger partial charge in [-0.05, 0) is 42.8 Å². The van der Waals surface area contributed by atoms with Gasteiger partial charge in [-0.3, -0.25) is 4.79 Å². The molecule has 0 aliphatic rings. The average molecular weight is 280 g/mol. The van der Waals surface area contributed by atoms with E-state index in [1.807, 2.05) is 12.1 Å². The van der Waals surface area contributed by atoms with Crippen molar-refractivity contribution in [3.05, 3.63) is 53.9 Å². The molecule has 0 saturated carbocycles. The number of hydrogen-bond acceptors (Lipinski definition) is 4. The van der Waals surface area contributed by atoms with E-state index in [0.29, 0.717) is 16.9 Å². The molecule has 0 fully saturated rings. The van der Waals surface area contributed by atoms with Gasteiger partial charge in [0.05, 0.1) is 23.5 Å². The Bertz CT molecular complexity index is 641. The van der Waals surface area contributed by atoms with Gasteiger partial charge in [-0.25, -0.2) is 4.98 Å². The first-order valence-electron chi connectivity index (χ1n) is 6.74. The molecule has 2 N–H and O–H groups in total. The lowest BCUT2D eigenvalue weighted by Crippen LogP contribution is -2.13. The van der Waals surface area contributed by atoms with E-state index in [1.54, 1.807) is 36.5 Å². The molecular formula is C16H16N4O. The van der Waals surface area contributed by atoms with Crippen molar-refractivity contribution in [2.24, 2.45) is 0 Å². The van der Waals surface area contributed by atoms with Crippen LogP contribution in [0.15, 0.2) is 42.6 Å². The number of carbonyl (C=O) groups excluding carboxylic acids is 1. The predicted octanol–water partition coefficient (Wildman–Crippen LogP) is 3.03. The van der Waals surface area contributed by atoms with Gasteiger partial charge in [0.15, 0.2) is 0 Å². The summed E-state index contributed by atoms with van der Waals surface area (Å²) in [5, 5.41) is 14.7. The first-order valence-corrected chi connectivity index (χ1v) is 6.74. The lowest BCUT2D eigenvalue weighted by Gasteiger charge is -2.07. The first kappa shape index (κ1) is 14.5. The summed E-state index contributed by atoms with van der Waals surface area (Å²) >= 11 is 0. The zero-order chi connectivity index (χ0) is 15.1. The minimum atomic E-state index is -0.276. The summed E-state index contributed by atoms with van der Waals surface area (Å²) in [4.78, 5) is 16.2. The second kappa shape index (κ2) is 7.06. The van der Waals surface area contributed by atoms with Crippen LogP contribution in [-0.4, -0.2) is 17.4 Å². The zero-order valence-electron chi connectivity index (χ0n) is 11.8. The number of pyridine rings is 1. The molecule has 0 bridgehead atoms. The van der Waals surface area contributed by atoms with Crippen molar-refractivity contribution in [3.8, 4) is 6.07 Å². The molecule has 0 saturated heterocycles. The van der Waals surface area contributed by atoms with Crippen molar-refractivity contribution < 1.29 is 4.79 Å². The quantitative estimate of drug-likeness (QED) is 0.882. The van der Waals surface area contributed by atoms with E-state index in [4.69, 9.17) is 5.26 Å². The molecule has 0 radical (unpaired) electrons. The van der Waals surface area contributed by atoms with Crippen LogP contribution in [0.4, 0.5) is 11.4 Å². The molecule has 1 aromatic heterocycles. The second-order valence-electron chi connectivity index (χ2n) is 4.50. The fourth-order valence-electron chi connectivity index (χ4n) is 1.73. The number of anilines is 2. The third-order valence-electron chi connectivity index (χ3n) is 2.85. The Kier molecular flexibility index (Phi) is 4.89. The van der Waals surface area contributed by atoms with E-state index < -0.39 is 0 Å². The lowest BCUT2D eigenvalue weighted by molar-refractivity contribution is 0.102. The van der Waals surface area contributed by atoms with Crippen LogP contribution < -0.4 is 10.6 Å². The monoisotopic (exact) mass is 280 g/mol. The van der Waals surface area contributed by atoms with Crippen LogP contribution in [0.25, 0.3) is 0 Å². The molecule has 0 aliphatic heterocycles. The molecule has 5 nitrogen and oxygen atoms in total. The summed E-state index contributed by atoms with van der Waals surface area (Å²) in [6.45, 7) is 2.96. The van der Waals surface area contributed by atoms with Gasteiger partial charge in [0.25, 0.3) is 5.91 Å². The Balaban J connectivity index is 2.00. The van der Waals surface area contributed by atoms with Crippen LogP contribution in [0.2, 0.25) is 0 Å². The van der Waals surface area contributed by atoms with E-state index in [9.17, 15) is 4.79 Å². The number of carbonyl (C=O) groups is 1. The largest absolute Gasteiger partial charge is 0.384 e. The van der Waals surface area contributed by atoms with Crippen molar-refractivity contribution in [3.63, 3.8) is 0 Å². The van der Waals surface area contributed by atoms with Crippen LogP contribution in [0.5, 0.6) is 0 Å². The van der Waals surface area contributed by atoms with Crippen molar-refractivity contribution in [2.45, 2.75) is 13.3 Å². The number of nitrogens with zero attached hydrogens (tertiary/aromatic N) is 2. The highest BCUT2D eigenvalue weighted by Gasteiger charge is 2.07. The number of nitriles is 1. The number of amides is 1. The van der Waals surface area contributed by atoms with E-state index in [2.05, 4.69) is 22.5 Å². The standard InChI is InChI=1S/C16H16N4O/c1-2-9-18-14-7-8-15(19-11-14)16(21)20-13-5-3-12(10-17)4-6-13/h3-8,11,18H,2,9H2,1H3,(H,20,21). The molecule has 0 unspecified atom stereocenters. The maximum absolute atomic E-state index is 12.0. The van der Waals surface area contributed by atoms with Crippen LogP contribution in [0, 0.1) is 11.3 Å². The van der Waals surface area contributed by atoms with E-state index in [0.717, 1.165) is 18.7 Å². The molecule has 5 heteroatoms. The Morgan fingerprint density at radius 3 is 2.48 bits per heavy atom. The molecular weight excluding hydrogens is 264 g/mol. The van der Waals surface area contributed by atoms with E-state index >= 15 is 0 Å². The summed E-state index contributed by atoms with van der Waals surface area (Å²) in [5.74, 6) is -0.276. The van der Waals surface area contributed by atoms with Crippen molar-refractivity contribution in [2.75, 3.05) is 17.2 Å². The molecule has 2 aromatic rings. The summed E-state index contributed by atoms with van der Waals surface area (Å²) in [6, 6.07) is 12.2. The predicted molar refractivity (Wildman–Crippen MR) is 82.1 cm³/mol. The third-order valence-corrected chi connectivity index (χ3v) is 2.85. The highest BCUT2D eigenvalue weighted by atomic mass is 16.1. The van der Waals surface area contributed by atoms with Gasteiger partial charge >= 0.3 is 0 Å². The van der Waals surface area contributed by atoms with Crippen molar-refractivity contribution in [1.82, 2.24) is 4.98 Å². The van der Waals surface area contributed by atoms with Gasteiger partial charge in [-0.2, -0.15) is 5.26 Å². The molecule has 0 aliphatic carbocycles. The number of hydrogen-bond donors (Lipinski definition) is 2. The smallest absolute Gasteiger partial charge is 0.274 e. The minimum absolute atomic E-state index is 0.276. The SMILES string of the molecule is CCCNc1ccc(C(=O)Nc2ccc(C#N)cc2)nc1. The molecule has 1 amide bonds. The Labute approximate surface area is 123 Å². The summed E-state index contributed by atoms with van der Waals surface area (Å²) in [6.07, 6.45) is 2.67. The fraction of sp³-hybridized carbons (Fsp3) is 0.188. The van der Waals surface area contributed by atoms with Crippen LogP contribution in [0.3, 0.4) is 0 Å². The topological polar surface area (TPSA) is 77.8 Å². The van der Waals surface area contributed by atoms with Gasteiger partial charge in [0, 0.05) is 12.2 Å². The maximum Gasteiger partial charge on any atom is 0.274 e. The normalized spacial score (nSPS) is 9.71. The third kappa shape index (κ3) is 4.05. The first-order chi connectivity index (χ1) is 10.2. The van der Waals surface area contributed by atoms with Crippen LogP contribution >= 0.6 is 0 Å². The van der Waals surface area contributed by atoms with E-state index in [1.165, 1.54) is 0 Å². The van der Waals surface area contributed by atoms with Crippen LogP contribution in [0.1, 0.15) is 29.4 Å². The molecule has 21 heavy (non-hydrogen) atoms. The summed E-state index contributed by atoms with van der Waals surface area (Å²) in [5.41, 5.74) is 2.43. The maximum atomic E-state index is 12.0. The Morgan fingerprint density at radius 2 is 1.90 bits per heavy atom. The van der Waals surface area contributed by atoms with Crippen LogP contribution in [-0.2, 0) is 0 Å². The molecule has 106 valence electrons. The molecule has 1 heterocycles. The molecule has 2 rings (SSSR count). The van der Waals surface area contributed by atoms with E-state index in [-0.39, 0.29) is 5.91 Å². The number of aromatic nitrogens is 1. The Hall–Kier alpha value is -2.87. The molecule has 1 aromatic carbocycles. The average Bonchev–Trinajstić information content (AvgIpc) is 2.54. The van der Waals surface area contributed by atoms with Crippen molar-refractivity contribution >= 4 is 17.3 Å². The highest BCUT2D eigenvalue weighted by molar-refractivity contribution is 6.02.